The van der Waals surface area contributed by atoms with E-state index in [0.29, 0.717) is 30.0 Å². The van der Waals surface area contributed by atoms with Crippen LogP contribution < -0.4 is 5.32 Å². The molecular weight excluding hydrogens is 358 g/mol. The van der Waals surface area contributed by atoms with Crippen molar-refractivity contribution in [2.75, 3.05) is 5.32 Å². The lowest BCUT2D eigenvalue weighted by Crippen LogP contribution is -2.08. The predicted octanol–water partition coefficient (Wildman–Crippen LogP) is 2.47. The minimum atomic E-state index is 0.338. The first-order valence-electron chi connectivity index (χ1n) is 9.31. The third kappa shape index (κ3) is 3.06. The van der Waals surface area contributed by atoms with Gasteiger partial charge in [-0.25, -0.2) is 19.9 Å². The second-order valence-electron chi connectivity index (χ2n) is 6.85. The highest BCUT2D eigenvalue weighted by atomic mass is 16.5. The number of hydrogen-bond acceptors (Lipinski definition) is 9. The molecule has 0 spiro atoms. The molecule has 1 fully saturated rings. The van der Waals surface area contributed by atoms with Gasteiger partial charge in [-0.1, -0.05) is 18.0 Å². The topological polar surface area (TPSA) is 120 Å². The van der Waals surface area contributed by atoms with E-state index in [4.69, 9.17) is 14.5 Å². The van der Waals surface area contributed by atoms with Crippen LogP contribution in [0.15, 0.2) is 29.2 Å². The van der Waals surface area contributed by atoms with Crippen LogP contribution in [0, 0.1) is 0 Å². The van der Waals surface area contributed by atoms with Crippen molar-refractivity contribution in [3.63, 3.8) is 0 Å². The molecule has 5 rings (SSSR count). The van der Waals surface area contributed by atoms with Crippen molar-refractivity contribution in [3.05, 3.63) is 36.4 Å². The van der Waals surface area contributed by atoms with Crippen molar-refractivity contribution in [1.82, 2.24) is 39.9 Å². The lowest BCUT2D eigenvalue weighted by atomic mass is 10.1. The Morgan fingerprint density at radius 3 is 2.75 bits per heavy atom. The maximum Gasteiger partial charge on any atom is 0.246 e. The Morgan fingerprint density at radius 2 is 1.93 bits per heavy atom. The molecule has 0 amide bonds. The second kappa shape index (κ2) is 6.95. The van der Waals surface area contributed by atoms with Crippen molar-refractivity contribution in [3.8, 4) is 11.6 Å². The van der Waals surface area contributed by atoms with Crippen LogP contribution in [-0.2, 0) is 13.6 Å². The summed E-state index contributed by atoms with van der Waals surface area (Å²) in [6.45, 7) is 0.338. The normalized spacial score (nSPS) is 14.8. The minimum absolute atomic E-state index is 0.338. The van der Waals surface area contributed by atoms with Gasteiger partial charge < -0.3 is 9.84 Å². The van der Waals surface area contributed by atoms with Gasteiger partial charge in [0, 0.05) is 25.4 Å². The number of fused-ring (bicyclic) bond motifs is 1. The SMILES string of the molecule is Cn1ncc2c(NCc3nc(-c4ncccn4)no3)nc(C3CCCC3)nc21. The van der Waals surface area contributed by atoms with E-state index in [2.05, 4.69) is 30.5 Å². The van der Waals surface area contributed by atoms with E-state index >= 15 is 0 Å². The first-order chi connectivity index (χ1) is 13.8. The standard InChI is InChI=1S/C18H19N9O/c1-27-18-12(9-22-27)15(24-14(25-18)11-5-2-3-6-11)21-10-13-23-17(26-28-13)16-19-7-4-8-20-16/h4,7-9,11H,2-3,5-6,10H2,1H3,(H,21,24,25). The Kier molecular flexibility index (Phi) is 4.15. The molecule has 4 heterocycles. The third-order valence-electron chi connectivity index (χ3n) is 4.97. The number of aromatic nitrogens is 8. The van der Waals surface area contributed by atoms with Gasteiger partial charge in [0.1, 0.15) is 11.6 Å². The lowest BCUT2D eigenvalue weighted by molar-refractivity contribution is 0.383. The summed E-state index contributed by atoms with van der Waals surface area (Å²) >= 11 is 0. The van der Waals surface area contributed by atoms with E-state index in [-0.39, 0.29) is 0 Å². The monoisotopic (exact) mass is 377 g/mol. The molecule has 1 aliphatic carbocycles. The summed E-state index contributed by atoms with van der Waals surface area (Å²) < 4.78 is 7.10. The molecule has 0 aliphatic heterocycles. The number of anilines is 1. The van der Waals surface area contributed by atoms with Crippen molar-refractivity contribution in [2.24, 2.45) is 7.05 Å². The molecule has 1 aliphatic rings. The van der Waals surface area contributed by atoms with Crippen molar-refractivity contribution in [2.45, 2.75) is 38.1 Å². The number of nitrogens with one attached hydrogen (secondary N) is 1. The van der Waals surface area contributed by atoms with Gasteiger partial charge >= 0.3 is 0 Å². The van der Waals surface area contributed by atoms with E-state index in [9.17, 15) is 0 Å². The Hall–Kier alpha value is -3.43. The van der Waals surface area contributed by atoms with Crippen LogP contribution in [0.2, 0.25) is 0 Å². The highest BCUT2D eigenvalue weighted by molar-refractivity contribution is 5.86. The number of aryl methyl sites for hydroxylation is 1. The molecule has 10 heteroatoms. The molecule has 10 nitrogen and oxygen atoms in total. The fraction of sp³-hybridized carbons (Fsp3) is 0.389. The zero-order chi connectivity index (χ0) is 18.9. The first-order valence-corrected chi connectivity index (χ1v) is 9.31. The molecule has 1 saturated carbocycles. The number of nitrogens with zero attached hydrogens (tertiary/aromatic N) is 8. The van der Waals surface area contributed by atoms with Gasteiger partial charge in [0.15, 0.2) is 5.65 Å². The molecule has 0 unspecified atom stereocenters. The van der Waals surface area contributed by atoms with Gasteiger partial charge in [-0.15, -0.1) is 0 Å². The Balaban J connectivity index is 1.41. The fourth-order valence-corrected chi connectivity index (χ4v) is 3.53. The highest BCUT2D eigenvalue weighted by Crippen LogP contribution is 2.34. The van der Waals surface area contributed by atoms with E-state index < -0.39 is 0 Å². The van der Waals surface area contributed by atoms with Crippen LogP contribution in [0.25, 0.3) is 22.7 Å². The molecule has 0 aromatic carbocycles. The minimum Gasteiger partial charge on any atom is -0.360 e. The molecular formula is C18H19N9O. The van der Waals surface area contributed by atoms with Crippen LogP contribution in [-0.4, -0.2) is 39.9 Å². The smallest absolute Gasteiger partial charge is 0.246 e. The van der Waals surface area contributed by atoms with Gasteiger partial charge in [0.25, 0.3) is 0 Å². The zero-order valence-electron chi connectivity index (χ0n) is 15.4. The fourth-order valence-electron chi connectivity index (χ4n) is 3.53. The summed E-state index contributed by atoms with van der Waals surface area (Å²) in [5.41, 5.74) is 0.823. The summed E-state index contributed by atoms with van der Waals surface area (Å²) in [7, 11) is 1.89. The molecule has 1 N–H and O–H groups in total. The summed E-state index contributed by atoms with van der Waals surface area (Å²) in [5.74, 6) is 3.23. The number of rotatable bonds is 5. The van der Waals surface area contributed by atoms with Gasteiger partial charge in [-0.05, 0) is 18.9 Å². The average Bonchev–Trinajstić information content (AvgIpc) is 3.49. The Bertz CT molecular complexity index is 1100. The molecule has 0 radical (unpaired) electrons. The van der Waals surface area contributed by atoms with Gasteiger partial charge in [-0.2, -0.15) is 10.1 Å². The quantitative estimate of drug-likeness (QED) is 0.559. The lowest BCUT2D eigenvalue weighted by Gasteiger charge is -2.11. The molecule has 0 atom stereocenters. The molecule has 4 aromatic heterocycles. The zero-order valence-corrected chi connectivity index (χ0v) is 15.4. The van der Waals surface area contributed by atoms with Gasteiger partial charge in [0.2, 0.25) is 17.5 Å². The van der Waals surface area contributed by atoms with Crippen LogP contribution in [0.5, 0.6) is 0 Å². The molecule has 0 saturated heterocycles. The Labute approximate surface area is 160 Å². The van der Waals surface area contributed by atoms with Crippen LogP contribution in [0.1, 0.15) is 43.3 Å². The van der Waals surface area contributed by atoms with Crippen molar-refractivity contribution < 1.29 is 4.52 Å². The highest BCUT2D eigenvalue weighted by Gasteiger charge is 2.22. The van der Waals surface area contributed by atoms with Crippen molar-refractivity contribution in [1.29, 1.82) is 0 Å². The van der Waals surface area contributed by atoms with Crippen LogP contribution in [0.3, 0.4) is 0 Å². The number of hydrogen-bond donors (Lipinski definition) is 1. The maximum absolute atomic E-state index is 5.32. The summed E-state index contributed by atoms with van der Waals surface area (Å²) in [5, 5.41) is 12.4. The molecule has 4 aromatic rings. The van der Waals surface area contributed by atoms with Crippen molar-refractivity contribution >= 4 is 16.9 Å². The Morgan fingerprint density at radius 1 is 1.11 bits per heavy atom. The van der Waals surface area contributed by atoms with E-state index in [1.165, 1.54) is 12.8 Å². The molecule has 0 bridgehead atoms. The maximum atomic E-state index is 5.32. The van der Waals surface area contributed by atoms with Crippen LogP contribution in [0.4, 0.5) is 5.82 Å². The average molecular weight is 377 g/mol. The second-order valence-corrected chi connectivity index (χ2v) is 6.85. The van der Waals surface area contributed by atoms with E-state index in [0.717, 1.165) is 35.5 Å². The first kappa shape index (κ1) is 16.7. The molecule has 28 heavy (non-hydrogen) atoms. The largest absolute Gasteiger partial charge is 0.360 e. The van der Waals surface area contributed by atoms with Gasteiger partial charge in [-0.3, -0.25) is 4.68 Å². The van der Waals surface area contributed by atoms with Gasteiger partial charge in [0.05, 0.1) is 18.1 Å². The van der Waals surface area contributed by atoms with E-state index in [1.54, 1.807) is 29.3 Å². The third-order valence-corrected chi connectivity index (χ3v) is 4.97. The van der Waals surface area contributed by atoms with Crippen LogP contribution >= 0.6 is 0 Å². The summed E-state index contributed by atoms with van der Waals surface area (Å²) in [6, 6.07) is 1.74. The predicted molar refractivity (Wildman–Crippen MR) is 100 cm³/mol. The summed E-state index contributed by atoms with van der Waals surface area (Å²) in [4.78, 5) is 22.2. The van der Waals surface area contributed by atoms with E-state index in [1.807, 2.05) is 7.05 Å². The summed E-state index contributed by atoms with van der Waals surface area (Å²) in [6.07, 6.45) is 9.77. The molecule has 142 valence electrons.